The highest BCUT2D eigenvalue weighted by atomic mass is 16.3. The quantitative estimate of drug-likeness (QED) is 0.548. The summed E-state index contributed by atoms with van der Waals surface area (Å²) >= 11 is 0. The van der Waals surface area contributed by atoms with Gasteiger partial charge in [0.15, 0.2) is 0 Å². The van der Waals surface area contributed by atoms with Crippen LogP contribution in [-0.2, 0) is 0 Å². The molecule has 2 atom stereocenters. The minimum absolute atomic E-state index is 0.259. The molecule has 0 bridgehead atoms. The van der Waals surface area contributed by atoms with E-state index in [1.54, 1.807) is 6.08 Å². The minimum atomic E-state index is -0.410. The van der Waals surface area contributed by atoms with Crippen LogP contribution in [0.15, 0.2) is 12.7 Å². The van der Waals surface area contributed by atoms with Crippen LogP contribution in [0.2, 0.25) is 0 Å². The standard InChI is InChI=1S/C7H15NO/c1-3-5-7(9)6(8)4-2/h4,6-7,9H,2-3,5,8H2,1H3/t6-,7+/m0/s1. The van der Waals surface area contributed by atoms with Crippen molar-refractivity contribution in [2.45, 2.75) is 31.9 Å². The normalized spacial score (nSPS) is 16.8. The Hall–Kier alpha value is -0.340. The molecule has 2 heteroatoms. The van der Waals surface area contributed by atoms with Crippen LogP contribution < -0.4 is 5.73 Å². The molecule has 0 saturated carbocycles. The van der Waals surface area contributed by atoms with Crippen LogP contribution in [0.4, 0.5) is 0 Å². The lowest BCUT2D eigenvalue weighted by Crippen LogP contribution is -2.32. The number of rotatable bonds is 4. The molecule has 0 rings (SSSR count). The van der Waals surface area contributed by atoms with Crippen molar-refractivity contribution in [3.05, 3.63) is 12.7 Å². The highest BCUT2D eigenvalue weighted by Gasteiger charge is 2.08. The average molecular weight is 129 g/mol. The maximum atomic E-state index is 9.12. The van der Waals surface area contributed by atoms with E-state index in [2.05, 4.69) is 6.58 Å². The zero-order valence-electron chi connectivity index (χ0n) is 5.88. The Morgan fingerprint density at radius 3 is 2.67 bits per heavy atom. The Balaban J connectivity index is 3.44. The molecule has 9 heavy (non-hydrogen) atoms. The van der Waals surface area contributed by atoms with Gasteiger partial charge in [-0.1, -0.05) is 19.4 Å². The molecular formula is C7H15NO. The van der Waals surface area contributed by atoms with Gasteiger partial charge in [0, 0.05) is 6.04 Å². The van der Waals surface area contributed by atoms with Crippen LogP contribution in [0.3, 0.4) is 0 Å². The first kappa shape index (κ1) is 8.66. The summed E-state index contributed by atoms with van der Waals surface area (Å²) in [6.45, 7) is 5.49. The topological polar surface area (TPSA) is 46.2 Å². The molecule has 54 valence electrons. The second kappa shape index (κ2) is 4.53. The molecule has 0 fully saturated rings. The molecule has 0 radical (unpaired) electrons. The van der Waals surface area contributed by atoms with Crippen LogP contribution in [0.5, 0.6) is 0 Å². The molecule has 0 aromatic heterocycles. The van der Waals surface area contributed by atoms with Gasteiger partial charge in [-0.05, 0) is 6.42 Å². The maximum absolute atomic E-state index is 9.12. The molecule has 0 aliphatic heterocycles. The molecule has 0 aromatic carbocycles. The van der Waals surface area contributed by atoms with E-state index in [0.717, 1.165) is 12.8 Å². The lowest BCUT2D eigenvalue weighted by atomic mass is 10.1. The molecule has 0 aliphatic rings. The Bertz CT molecular complexity index is 83.0. The average Bonchev–Trinajstić information content (AvgIpc) is 1.87. The van der Waals surface area contributed by atoms with E-state index in [4.69, 9.17) is 10.8 Å². The van der Waals surface area contributed by atoms with E-state index >= 15 is 0 Å². The predicted molar refractivity (Wildman–Crippen MR) is 39.1 cm³/mol. The SMILES string of the molecule is C=C[C@H](N)[C@H](O)CCC. The molecular weight excluding hydrogens is 114 g/mol. The number of aliphatic hydroxyl groups excluding tert-OH is 1. The van der Waals surface area contributed by atoms with Crippen molar-refractivity contribution in [1.82, 2.24) is 0 Å². The summed E-state index contributed by atoms with van der Waals surface area (Å²) in [7, 11) is 0. The van der Waals surface area contributed by atoms with Crippen molar-refractivity contribution in [2.24, 2.45) is 5.73 Å². The predicted octanol–water partition coefficient (Wildman–Crippen LogP) is 0.661. The Morgan fingerprint density at radius 1 is 1.78 bits per heavy atom. The third-order valence-corrected chi connectivity index (χ3v) is 1.30. The molecule has 0 heterocycles. The highest BCUT2D eigenvalue weighted by molar-refractivity contribution is 4.87. The summed E-state index contributed by atoms with van der Waals surface area (Å²) in [6, 6.07) is -0.259. The van der Waals surface area contributed by atoms with Gasteiger partial charge in [-0.3, -0.25) is 0 Å². The fourth-order valence-electron chi connectivity index (χ4n) is 0.645. The van der Waals surface area contributed by atoms with Gasteiger partial charge in [-0.2, -0.15) is 0 Å². The van der Waals surface area contributed by atoms with Crippen LogP contribution in [0.1, 0.15) is 19.8 Å². The third-order valence-electron chi connectivity index (χ3n) is 1.30. The summed E-state index contributed by atoms with van der Waals surface area (Å²) in [5.74, 6) is 0. The summed E-state index contributed by atoms with van der Waals surface area (Å²) in [6.07, 6.45) is 2.88. The van der Waals surface area contributed by atoms with Gasteiger partial charge in [0.1, 0.15) is 0 Å². The van der Waals surface area contributed by atoms with Crippen LogP contribution in [-0.4, -0.2) is 17.3 Å². The first-order valence-electron chi connectivity index (χ1n) is 3.28. The molecule has 3 N–H and O–H groups in total. The smallest absolute Gasteiger partial charge is 0.0726 e. The Morgan fingerprint density at radius 2 is 2.33 bits per heavy atom. The van der Waals surface area contributed by atoms with Gasteiger partial charge in [0.2, 0.25) is 0 Å². The number of aliphatic hydroxyl groups is 1. The number of hydrogen-bond acceptors (Lipinski definition) is 2. The van der Waals surface area contributed by atoms with Crippen LogP contribution >= 0.6 is 0 Å². The summed E-state index contributed by atoms with van der Waals surface area (Å²) < 4.78 is 0. The second-order valence-electron chi connectivity index (χ2n) is 2.17. The number of nitrogens with two attached hydrogens (primary N) is 1. The van der Waals surface area contributed by atoms with Crippen molar-refractivity contribution >= 4 is 0 Å². The molecule has 0 saturated heterocycles. The highest BCUT2D eigenvalue weighted by Crippen LogP contribution is 1.99. The largest absolute Gasteiger partial charge is 0.391 e. The third kappa shape index (κ3) is 3.27. The lowest BCUT2D eigenvalue weighted by molar-refractivity contribution is 0.150. The summed E-state index contributed by atoms with van der Waals surface area (Å²) in [5, 5.41) is 9.12. The molecule has 0 spiro atoms. The molecule has 0 unspecified atom stereocenters. The van der Waals surface area contributed by atoms with Crippen molar-refractivity contribution in [2.75, 3.05) is 0 Å². The Labute approximate surface area is 56.4 Å². The second-order valence-corrected chi connectivity index (χ2v) is 2.17. The van der Waals surface area contributed by atoms with Crippen molar-refractivity contribution < 1.29 is 5.11 Å². The lowest BCUT2D eigenvalue weighted by Gasteiger charge is -2.12. The van der Waals surface area contributed by atoms with Gasteiger partial charge in [-0.25, -0.2) is 0 Å². The van der Waals surface area contributed by atoms with E-state index < -0.39 is 6.10 Å². The fraction of sp³-hybridized carbons (Fsp3) is 0.714. The maximum Gasteiger partial charge on any atom is 0.0726 e. The zero-order valence-corrected chi connectivity index (χ0v) is 5.88. The van der Waals surface area contributed by atoms with E-state index in [9.17, 15) is 0 Å². The Kier molecular flexibility index (Phi) is 4.36. The summed E-state index contributed by atoms with van der Waals surface area (Å²) in [4.78, 5) is 0. The van der Waals surface area contributed by atoms with E-state index in [1.165, 1.54) is 0 Å². The molecule has 0 amide bonds. The number of hydrogen-bond donors (Lipinski definition) is 2. The monoisotopic (exact) mass is 129 g/mol. The fourth-order valence-corrected chi connectivity index (χ4v) is 0.645. The molecule has 0 aromatic rings. The van der Waals surface area contributed by atoms with Gasteiger partial charge in [-0.15, -0.1) is 6.58 Å². The van der Waals surface area contributed by atoms with Gasteiger partial charge in [0.25, 0.3) is 0 Å². The molecule has 0 aliphatic carbocycles. The summed E-state index contributed by atoms with van der Waals surface area (Å²) in [5.41, 5.74) is 5.43. The minimum Gasteiger partial charge on any atom is -0.391 e. The van der Waals surface area contributed by atoms with Crippen LogP contribution in [0, 0.1) is 0 Å². The van der Waals surface area contributed by atoms with Crippen molar-refractivity contribution in [3.8, 4) is 0 Å². The van der Waals surface area contributed by atoms with Crippen molar-refractivity contribution in [3.63, 3.8) is 0 Å². The van der Waals surface area contributed by atoms with Crippen LogP contribution in [0.25, 0.3) is 0 Å². The van der Waals surface area contributed by atoms with E-state index in [-0.39, 0.29) is 6.04 Å². The first-order valence-corrected chi connectivity index (χ1v) is 3.28. The van der Waals surface area contributed by atoms with Gasteiger partial charge < -0.3 is 10.8 Å². The van der Waals surface area contributed by atoms with E-state index in [0.29, 0.717) is 0 Å². The zero-order chi connectivity index (χ0) is 7.28. The first-order chi connectivity index (χ1) is 4.22. The van der Waals surface area contributed by atoms with Gasteiger partial charge in [0.05, 0.1) is 6.10 Å². The molecule has 2 nitrogen and oxygen atoms in total. The van der Waals surface area contributed by atoms with E-state index in [1.807, 2.05) is 6.92 Å². The van der Waals surface area contributed by atoms with Crippen molar-refractivity contribution in [1.29, 1.82) is 0 Å². The van der Waals surface area contributed by atoms with Gasteiger partial charge >= 0.3 is 0 Å².